The van der Waals surface area contributed by atoms with Crippen LogP contribution < -0.4 is 10.6 Å². The van der Waals surface area contributed by atoms with Crippen LogP contribution in [-0.2, 0) is 13.1 Å². The summed E-state index contributed by atoms with van der Waals surface area (Å²) < 4.78 is 0. The van der Waals surface area contributed by atoms with Crippen LogP contribution in [0.3, 0.4) is 0 Å². The number of hydrogen-bond donors (Lipinski definition) is 2. The van der Waals surface area contributed by atoms with E-state index in [0.717, 1.165) is 30.9 Å². The molecule has 0 atom stereocenters. The summed E-state index contributed by atoms with van der Waals surface area (Å²) in [6, 6.07) is 17.8. The van der Waals surface area contributed by atoms with Crippen molar-refractivity contribution in [1.82, 2.24) is 10.2 Å². The third-order valence-electron chi connectivity index (χ3n) is 4.06. The van der Waals surface area contributed by atoms with E-state index in [1.165, 1.54) is 17.1 Å². The predicted octanol–water partition coefficient (Wildman–Crippen LogP) is 3.56. The van der Waals surface area contributed by atoms with E-state index in [1.807, 2.05) is 60.3 Å². The SMILES string of the molecule is O=C(NCc1ccccc1)Nc1ccccc1CN1CCSCC1. The van der Waals surface area contributed by atoms with Gasteiger partial charge in [-0.3, -0.25) is 4.90 Å². The first-order valence-electron chi connectivity index (χ1n) is 8.28. The number of rotatable bonds is 5. The maximum absolute atomic E-state index is 12.2. The number of carbonyl (C=O) groups is 1. The van der Waals surface area contributed by atoms with Crippen molar-refractivity contribution in [2.45, 2.75) is 13.1 Å². The summed E-state index contributed by atoms with van der Waals surface area (Å²) in [7, 11) is 0. The van der Waals surface area contributed by atoms with Crippen molar-refractivity contribution < 1.29 is 4.79 Å². The molecule has 2 aromatic rings. The van der Waals surface area contributed by atoms with Crippen molar-refractivity contribution in [3.8, 4) is 0 Å². The van der Waals surface area contributed by atoms with Crippen LogP contribution in [0, 0.1) is 0 Å². The van der Waals surface area contributed by atoms with Crippen molar-refractivity contribution in [2.24, 2.45) is 0 Å². The molecule has 1 aliphatic heterocycles. The molecule has 1 heterocycles. The number of para-hydroxylation sites is 1. The fourth-order valence-corrected chi connectivity index (χ4v) is 3.70. The minimum Gasteiger partial charge on any atom is -0.334 e. The number of nitrogens with zero attached hydrogens (tertiary/aromatic N) is 1. The molecule has 5 heteroatoms. The van der Waals surface area contributed by atoms with E-state index in [4.69, 9.17) is 0 Å². The highest BCUT2D eigenvalue weighted by Crippen LogP contribution is 2.19. The van der Waals surface area contributed by atoms with E-state index in [1.54, 1.807) is 0 Å². The summed E-state index contributed by atoms with van der Waals surface area (Å²) in [5, 5.41) is 5.90. The Balaban J connectivity index is 1.56. The van der Waals surface area contributed by atoms with Crippen LogP contribution >= 0.6 is 11.8 Å². The van der Waals surface area contributed by atoms with E-state index in [0.29, 0.717) is 6.54 Å². The molecule has 1 saturated heterocycles. The monoisotopic (exact) mass is 341 g/mol. The Bertz CT molecular complexity index is 657. The van der Waals surface area contributed by atoms with Gasteiger partial charge in [0.05, 0.1) is 0 Å². The van der Waals surface area contributed by atoms with Crippen molar-refractivity contribution in [1.29, 1.82) is 0 Å². The number of benzene rings is 2. The highest BCUT2D eigenvalue weighted by atomic mass is 32.2. The van der Waals surface area contributed by atoms with Crippen LogP contribution in [-0.4, -0.2) is 35.5 Å². The van der Waals surface area contributed by atoms with Gasteiger partial charge in [-0.15, -0.1) is 0 Å². The third kappa shape index (κ3) is 5.01. The first kappa shape index (κ1) is 16.9. The Labute approximate surface area is 147 Å². The number of amides is 2. The molecule has 0 saturated carbocycles. The molecule has 1 aliphatic rings. The van der Waals surface area contributed by atoms with Gasteiger partial charge >= 0.3 is 6.03 Å². The Morgan fingerprint density at radius 1 is 1.00 bits per heavy atom. The lowest BCUT2D eigenvalue weighted by Gasteiger charge is -2.27. The Morgan fingerprint density at radius 2 is 1.71 bits per heavy atom. The summed E-state index contributed by atoms with van der Waals surface area (Å²) in [5.74, 6) is 2.38. The highest BCUT2D eigenvalue weighted by molar-refractivity contribution is 7.99. The van der Waals surface area contributed by atoms with Crippen molar-refractivity contribution in [3.05, 3.63) is 65.7 Å². The second kappa shape index (κ2) is 8.76. The van der Waals surface area contributed by atoms with Crippen LogP contribution in [0.15, 0.2) is 54.6 Å². The molecule has 24 heavy (non-hydrogen) atoms. The minimum atomic E-state index is -0.166. The van der Waals surface area contributed by atoms with Gasteiger partial charge in [0, 0.05) is 43.4 Å². The Kier molecular flexibility index (Phi) is 6.15. The minimum absolute atomic E-state index is 0.166. The van der Waals surface area contributed by atoms with E-state index in [-0.39, 0.29) is 6.03 Å². The lowest BCUT2D eigenvalue weighted by molar-refractivity contribution is 0.251. The van der Waals surface area contributed by atoms with Crippen molar-refractivity contribution in [3.63, 3.8) is 0 Å². The van der Waals surface area contributed by atoms with Crippen LogP contribution in [0.4, 0.5) is 10.5 Å². The van der Waals surface area contributed by atoms with Gasteiger partial charge in [0.1, 0.15) is 0 Å². The van der Waals surface area contributed by atoms with Gasteiger partial charge in [-0.2, -0.15) is 11.8 Å². The summed E-state index contributed by atoms with van der Waals surface area (Å²) in [5.41, 5.74) is 3.15. The fraction of sp³-hybridized carbons (Fsp3) is 0.316. The number of thioether (sulfide) groups is 1. The molecule has 0 aromatic heterocycles. The van der Waals surface area contributed by atoms with Crippen molar-refractivity contribution in [2.75, 3.05) is 29.9 Å². The highest BCUT2D eigenvalue weighted by Gasteiger charge is 2.13. The van der Waals surface area contributed by atoms with Crippen LogP contribution in [0.25, 0.3) is 0 Å². The third-order valence-corrected chi connectivity index (χ3v) is 5.00. The average molecular weight is 341 g/mol. The molecule has 2 aromatic carbocycles. The summed E-state index contributed by atoms with van der Waals surface area (Å²) in [6.45, 7) is 3.63. The average Bonchev–Trinajstić information content (AvgIpc) is 2.63. The largest absolute Gasteiger partial charge is 0.334 e. The van der Waals surface area contributed by atoms with Crippen molar-refractivity contribution >= 4 is 23.5 Å². The predicted molar refractivity (Wildman–Crippen MR) is 101 cm³/mol. The lowest BCUT2D eigenvalue weighted by atomic mass is 10.1. The zero-order chi connectivity index (χ0) is 16.6. The molecular weight excluding hydrogens is 318 g/mol. The molecule has 1 fully saturated rings. The Morgan fingerprint density at radius 3 is 2.50 bits per heavy atom. The van der Waals surface area contributed by atoms with Gasteiger partial charge in [-0.05, 0) is 17.2 Å². The van der Waals surface area contributed by atoms with Crippen LogP contribution in [0.2, 0.25) is 0 Å². The summed E-state index contributed by atoms with van der Waals surface area (Å²) in [4.78, 5) is 14.6. The fourth-order valence-electron chi connectivity index (χ4n) is 2.73. The maximum atomic E-state index is 12.2. The molecule has 0 bridgehead atoms. The smallest absolute Gasteiger partial charge is 0.319 e. The van der Waals surface area contributed by atoms with Gasteiger partial charge in [0.25, 0.3) is 0 Å². The van der Waals surface area contributed by atoms with Gasteiger partial charge in [-0.25, -0.2) is 4.79 Å². The maximum Gasteiger partial charge on any atom is 0.319 e. The van der Waals surface area contributed by atoms with Gasteiger partial charge in [0.2, 0.25) is 0 Å². The first-order valence-corrected chi connectivity index (χ1v) is 9.43. The van der Waals surface area contributed by atoms with E-state index in [2.05, 4.69) is 21.6 Å². The van der Waals surface area contributed by atoms with Crippen LogP contribution in [0.1, 0.15) is 11.1 Å². The number of urea groups is 1. The zero-order valence-corrected chi connectivity index (χ0v) is 14.5. The molecular formula is C19H23N3OS. The second-order valence-electron chi connectivity index (χ2n) is 5.84. The summed E-state index contributed by atoms with van der Waals surface area (Å²) >= 11 is 2.01. The molecule has 2 amide bonds. The molecule has 0 spiro atoms. The van der Waals surface area contributed by atoms with Gasteiger partial charge in [-0.1, -0.05) is 48.5 Å². The first-order chi connectivity index (χ1) is 11.8. The number of anilines is 1. The summed E-state index contributed by atoms with van der Waals surface area (Å²) in [6.07, 6.45) is 0. The Hall–Kier alpha value is -1.98. The normalized spacial score (nSPS) is 15.0. The molecule has 3 rings (SSSR count). The second-order valence-corrected chi connectivity index (χ2v) is 7.06. The standard InChI is InChI=1S/C19H23N3OS/c23-19(20-14-16-6-2-1-3-7-16)21-18-9-5-4-8-17(18)15-22-10-12-24-13-11-22/h1-9H,10-15H2,(H2,20,21,23). The molecule has 4 nitrogen and oxygen atoms in total. The quantitative estimate of drug-likeness (QED) is 0.874. The molecule has 2 N–H and O–H groups in total. The molecule has 0 radical (unpaired) electrons. The topological polar surface area (TPSA) is 44.4 Å². The van der Waals surface area contributed by atoms with Gasteiger partial charge < -0.3 is 10.6 Å². The number of hydrogen-bond acceptors (Lipinski definition) is 3. The van der Waals surface area contributed by atoms with E-state index in [9.17, 15) is 4.79 Å². The van der Waals surface area contributed by atoms with Crippen LogP contribution in [0.5, 0.6) is 0 Å². The van der Waals surface area contributed by atoms with Gasteiger partial charge in [0.15, 0.2) is 0 Å². The molecule has 0 unspecified atom stereocenters. The molecule has 126 valence electrons. The lowest BCUT2D eigenvalue weighted by Crippen LogP contribution is -2.33. The molecule has 0 aliphatic carbocycles. The van der Waals surface area contributed by atoms with E-state index >= 15 is 0 Å². The van der Waals surface area contributed by atoms with E-state index < -0.39 is 0 Å². The zero-order valence-electron chi connectivity index (χ0n) is 13.7. The number of nitrogens with one attached hydrogen (secondary N) is 2. The number of carbonyl (C=O) groups excluding carboxylic acids is 1.